The molecule has 1 amide bonds. The molecular weight excluding hydrogens is 404 g/mol. The van der Waals surface area contributed by atoms with Gasteiger partial charge in [0.25, 0.3) is 5.91 Å². The SMILES string of the molecule is CSc1ccc(CCNC(=O)c2cnc3c(-c4cccc(C)c4)c(C)nn3c2C)cc1. The number of carbonyl (C=O) groups excluding carboxylic acids is 1. The van der Waals surface area contributed by atoms with Crippen LogP contribution in [-0.2, 0) is 6.42 Å². The molecule has 0 unspecified atom stereocenters. The number of nitrogens with one attached hydrogen (secondary N) is 1. The van der Waals surface area contributed by atoms with Crippen LogP contribution in [0, 0.1) is 20.8 Å². The fourth-order valence-corrected chi connectivity index (χ4v) is 4.18. The molecule has 4 aromatic rings. The first kappa shape index (κ1) is 21.1. The van der Waals surface area contributed by atoms with Gasteiger partial charge in [0.2, 0.25) is 0 Å². The van der Waals surface area contributed by atoms with Crippen LogP contribution in [0.5, 0.6) is 0 Å². The maximum atomic E-state index is 12.8. The molecule has 158 valence electrons. The van der Waals surface area contributed by atoms with Crippen LogP contribution in [0.15, 0.2) is 59.6 Å². The fraction of sp³-hybridized carbons (Fsp3) is 0.240. The second-order valence-electron chi connectivity index (χ2n) is 7.68. The van der Waals surface area contributed by atoms with Crippen molar-refractivity contribution in [3.05, 3.63) is 82.8 Å². The monoisotopic (exact) mass is 430 g/mol. The lowest BCUT2D eigenvalue weighted by molar-refractivity contribution is 0.0952. The van der Waals surface area contributed by atoms with Crippen molar-refractivity contribution in [2.75, 3.05) is 12.8 Å². The third kappa shape index (κ3) is 4.35. The van der Waals surface area contributed by atoms with Crippen molar-refractivity contribution in [3.8, 4) is 11.1 Å². The summed E-state index contributed by atoms with van der Waals surface area (Å²) in [5.41, 5.74) is 7.48. The van der Waals surface area contributed by atoms with E-state index in [1.54, 1.807) is 22.5 Å². The van der Waals surface area contributed by atoms with E-state index in [1.165, 1.54) is 16.0 Å². The Morgan fingerprint density at radius 2 is 1.87 bits per heavy atom. The predicted molar refractivity (Wildman–Crippen MR) is 127 cm³/mol. The molecule has 0 bridgehead atoms. The summed E-state index contributed by atoms with van der Waals surface area (Å²) in [6, 6.07) is 16.7. The van der Waals surface area contributed by atoms with Gasteiger partial charge in [-0.15, -0.1) is 11.8 Å². The first-order valence-electron chi connectivity index (χ1n) is 10.3. The van der Waals surface area contributed by atoms with Gasteiger partial charge in [-0.2, -0.15) is 5.10 Å². The molecule has 0 spiro atoms. The van der Waals surface area contributed by atoms with E-state index in [0.717, 1.165) is 34.6 Å². The number of aryl methyl sites for hydroxylation is 3. The third-order valence-corrected chi connectivity index (χ3v) is 6.21. The van der Waals surface area contributed by atoms with Gasteiger partial charge < -0.3 is 5.32 Å². The van der Waals surface area contributed by atoms with E-state index >= 15 is 0 Å². The van der Waals surface area contributed by atoms with E-state index in [-0.39, 0.29) is 5.91 Å². The molecule has 0 aliphatic carbocycles. The molecule has 2 aromatic heterocycles. The zero-order chi connectivity index (χ0) is 22.0. The predicted octanol–water partition coefficient (Wildman–Crippen LogP) is 5.02. The molecule has 31 heavy (non-hydrogen) atoms. The highest BCUT2D eigenvalue weighted by Gasteiger charge is 2.18. The first-order chi connectivity index (χ1) is 15.0. The number of aromatic nitrogens is 3. The van der Waals surface area contributed by atoms with Crippen molar-refractivity contribution in [1.29, 1.82) is 0 Å². The zero-order valence-electron chi connectivity index (χ0n) is 18.3. The summed E-state index contributed by atoms with van der Waals surface area (Å²) in [4.78, 5) is 18.7. The summed E-state index contributed by atoms with van der Waals surface area (Å²) < 4.78 is 1.78. The van der Waals surface area contributed by atoms with Gasteiger partial charge in [0, 0.05) is 23.2 Å². The second kappa shape index (κ2) is 8.94. The van der Waals surface area contributed by atoms with Gasteiger partial charge in [0.15, 0.2) is 5.65 Å². The van der Waals surface area contributed by atoms with Crippen molar-refractivity contribution in [2.24, 2.45) is 0 Å². The highest BCUT2D eigenvalue weighted by molar-refractivity contribution is 7.98. The minimum atomic E-state index is -0.127. The van der Waals surface area contributed by atoms with Crippen molar-refractivity contribution in [3.63, 3.8) is 0 Å². The largest absolute Gasteiger partial charge is 0.352 e. The normalized spacial score (nSPS) is 11.1. The van der Waals surface area contributed by atoms with E-state index in [1.807, 2.05) is 19.9 Å². The van der Waals surface area contributed by atoms with Crippen LogP contribution in [0.2, 0.25) is 0 Å². The molecule has 0 aliphatic rings. The van der Waals surface area contributed by atoms with Gasteiger partial charge in [-0.05, 0) is 56.7 Å². The lowest BCUT2D eigenvalue weighted by Crippen LogP contribution is -2.27. The van der Waals surface area contributed by atoms with Crippen LogP contribution in [0.1, 0.15) is 32.9 Å². The quantitative estimate of drug-likeness (QED) is 0.437. The topological polar surface area (TPSA) is 59.3 Å². The smallest absolute Gasteiger partial charge is 0.254 e. The molecule has 6 heteroatoms. The molecule has 0 aliphatic heterocycles. The number of nitrogens with zero attached hydrogens (tertiary/aromatic N) is 3. The molecule has 1 N–H and O–H groups in total. The maximum absolute atomic E-state index is 12.8. The van der Waals surface area contributed by atoms with Crippen LogP contribution in [0.25, 0.3) is 16.8 Å². The van der Waals surface area contributed by atoms with Gasteiger partial charge in [0.1, 0.15) is 0 Å². The first-order valence-corrected chi connectivity index (χ1v) is 11.5. The minimum Gasteiger partial charge on any atom is -0.352 e. The Bertz CT molecular complexity index is 1240. The highest BCUT2D eigenvalue weighted by Crippen LogP contribution is 2.28. The fourth-order valence-electron chi connectivity index (χ4n) is 3.77. The third-order valence-electron chi connectivity index (χ3n) is 5.47. The van der Waals surface area contributed by atoms with Crippen molar-refractivity contribution in [2.45, 2.75) is 32.1 Å². The number of hydrogen-bond acceptors (Lipinski definition) is 4. The van der Waals surface area contributed by atoms with Crippen molar-refractivity contribution in [1.82, 2.24) is 19.9 Å². The average molecular weight is 431 g/mol. The second-order valence-corrected chi connectivity index (χ2v) is 8.56. The Morgan fingerprint density at radius 1 is 1.10 bits per heavy atom. The summed E-state index contributed by atoms with van der Waals surface area (Å²) in [5.74, 6) is -0.127. The van der Waals surface area contributed by atoms with Gasteiger partial charge >= 0.3 is 0 Å². The Kier molecular flexibility index (Phi) is 6.09. The number of benzene rings is 2. The molecule has 5 nitrogen and oxygen atoms in total. The van der Waals surface area contributed by atoms with Crippen LogP contribution in [-0.4, -0.2) is 33.3 Å². The Balaban J connectivity index is 1.54. The number of thioether (sulfide) groups is 1. The Hall–Kier alpha value is -3.12. The molecule has 0 saturated carbocycles. The van der Waals surface area contributed by atoms with Crippen molar-refractivity contribution >= 4 is 23.3 Å². The lowest BCUT2D eigenvalue weighted by atomic mass is 10.0. The minimum absolute atomic E-state index is 0.127. The van der Waals surface area contributed by atoms with Gasteiger partial charge in [0.05, 0.1) is 17.0 Å². The molecule has 2 heterocycles. The highest BCUT2D eigenvalue weighted by atomic mass is 32.2. The molecule has 2 aromatic carbocycles. The number of rotatable bonds is 6. The molecule has 0 saturated heterocycles. The Labute approximate surface area is 186 Å². The maximum Gasteiger partial charge on any atom is 0.254 e. The van der Waals surface area contributed by atoms with Crippen LogP contribution in [0.3, 0.4) is 0 Å². The van der Waals surface area contributed by atoms with E-state index in [4.69, 9.17) is 0 Å². The van der Waals surface area contributed by atoms with Crippen molar-refractivity contribution < 1.29 is 4.79 Å². The molecule has 0 atom stereocenters. The number of carbonyl (C=O) groups is 1. The Morgan fingerprint density at radius 3 is 2.58 bits per heavy atom. The van der Waals surface area contributed by atoms with E-state index in [2.05, 4.69) is 71.0 Å². The summed E-state index contributed by atoms with van der Waals surface area (Å²) >= 11 is 1.72. The average Bonchev–Trinajstić information content (AvgIpc) is 3.11. The lowest BCUT2D eigenvalue weighted by Gasteiger charge is -2.09. The molecule has 4 rings (SSSR count). The summed E-state index contributed by atoms with van der Waals surface area (Å²) in [6.45, 7) is 6.54. The van der Waals surface area contributed by atoms with Crippen LogP contribution < -0.4 is 5.32 Å². The van der Waals surface area contributed by atoms with E-state index in [0.29, 0.717) is 12.1 Å². The van der Waals surface area contributed by atoms with E-state index in [9.17, 15) is 4.79 Å². The van der Waals surface area contributed by atoms with Crippen LogP contribution >= 0.6 is 11.8 Å². The number of amides is 1. The van der Waals surface area contributed by atoms with Crippen LogP contribution in [0.4, 0.5) is 0 Å². The molecule has 0 radical (unpaired) electrons. The summed E-state index contributed by atoms with van der Waals surface area (Å²) in [5, 5.41) is 7.69. The molecule has 0 fully saturated rings. The van der Waals surface area contributed by atoms with E-state index < -0.39 is 0 Å². The number of fused-ring (bicyclic) bond motifs is 1. The standard InChI is InChI=1S/C25H26N4OS/c1-16-6-5-7-20(14-16)23-17(2)28-29-18(3)22(15-27-24(23)29)25(30)26-13-12-19-8-10-21(31-4)11-9-19/h5-11,14-15H,12-13H2,1-4H3,(H,26,30). The van der Waals surface area contributed by atoms with Gasteiger partial charge in [-0.3, -0.25) is 4.79 Å². The number of hydrogen-bond donors (Lipinski definition) is 1. The summed E-state index contributed by atoms with van der Waals surface area (Å²) in [6.07, 6.45) is 4.51. The van der Waals surface area contributed by atoms with Gasteiger partial charge in [-0.25, -0.2) is 9.50 Å². The molecular formula is C25H26N4OS. The van der Waals surface area contributed by atoms with Gasteiger partial charge in [-0.1, -0.05) is 42.0 Å². The zero-order valence-corrected chi connectivity index (χ0v) is 19.1. The summed E-state index contributed by atoms with van der Waals surface area (Å²) in [7, 11) is 0.